The van der Waals surface area contributed by atoms with E-state index >= 15 is 0 Å². The zero-order valence-corrected chi connectivity index (χ0v) is 24.1. The quantitative estimate of drug-likeness (QED) is 0.248. The summed E-state index contributed by atoms with van der Waals surface area (Å²) in [5, 5.41) is 7.62. The zero-order valence-electron chi connectivity index (χ0n) is 22.6. The number of furan rings is 1. The molecular formula is C31H33ClN6OS. The van der Waals surface area contributed by atoms with Crippen LogP contribution in [0.3, 0.4) is 0 Å². The fourth-order valence-corrected chi connectivity index (χ4v) is 5.74. The number of nitrogens with zero attached hydrogens (tertiary/aromatic N) is 4. The average Bonchev–Trinajstić information content (AvgIpc) is 3.45. The molecule has 9 heteroatoms. The van der Waals surface area contributed by atoms with Crippen molar-refractivity contribution in [1.82, 2.24) is 15.3 Å². The molecule has 0 amide bonds. The standard InChI is InChI=1S/C31H33ClN6OS/c1-21-5-4-15-37(19-21)28-17-29(38-16-14-22-6-2-3-7-24(22)20-38)35-30(34-28)36-31(40)33-18-26-12-13-27(39-26)23-8-10-25(32)11-9-23/h2-3,6-13,17,21H,4-5,14-16,18-20H2,1H3,(H2,33,34,35,36,40)/t21-/m0/s1. The Morgan fingerprint density at radius 3 is 2.58 bits per heavy atom. The minimum Gasteiger partial charge on any atom is -0.459 e. The first-order valence-electron chi connectivity index (χ1n) is 13.9. The Labute approximate surface area is 245 Å². The second-order valence-corrected chi connectivity index (χ2v) is 11.5. The molecule has 0 radical (unpaired) electrons. The molecule has 7 nitrogen and oxygen atoms in total. The Kier molecular flexibility index (Phi) is 7.89. The molecule has 4 heterocycles. The van der Waals surface area contributed by atoms with Crippen molar-refractivity contribution in [2.45, 2.75) is 39.3 Å². The molecule has 6 rings (SSSR count). The van der Waals surface area contributed by atoms with Crippen molar-refractivity contribution in [1.29, 1.82) is 0 Å². The van der Waals surface area contributed by atoms with E-state index in [2.05, 4.69) is 57.7 Å². The van der Waals surface area contributed by atoms with Gasteiger partial charge in [-0.3, -0.25) is 0 Å². The lowest BCUT2D eigenvalue weighted by atomic mass is 10.00. The molecule has 1 saturated heterocycles. The maximum absolute atomic E-state index is 6.01. The lowest BCUT2D eigenvalue weighted by Gasteiger charge is -2.34. The number of anilines is 3. The van der Waals surface area contributed by atoms with E-state index in [1.54, 1.807) is 0 Å². The Morgan fingerprint density at radius 1 is 1.00 bits per heavy atom. The largest absolute Gasteiger partial charge is 0.459 e. The summed E-state index contributed by atoms with van der Waals surface area (Å²) in [4.78, 5) is 14.5. The van der Waals surface area contributed by atoms with Crippen molar-refractivity contribution in [2.75, 3.05) is 34.8 Å². The molecule has 4 aromatic rings. The molecule has 0 bridgehead atoms. The molecule has 2 aliphatic rings. The lowest BCUT2D eigenvalue weighted by molar-refractivity contribution is 0.444. The van der Waals surface area contributed by atoms with Gasteiger partial charge in [0.1, 0.15) is 23.2 Å². The van der Waals surface area contributed by atoms with E-state index in [4.69, 9.17) is 38.2 Å². The maximum atomic E-state index is 6.01. The van der Waals surface area contributed by atoms with Gasteiger partial charge in [-0.05, 0) is 84.9 Å². The molecular weight excluding hydrogens is 540 g/mol. The van der Waals surface area contributed by atoms with Gasteiger partial charge in [-0.2, -0.15) is 9.97 Å². The van der Waals surface area contributed by atoms with Crippen LogP contribution < -0.4 is 20.4 Å². The molecule has 2 aliphatic heterocycles. The SMILES string of the molecule is C[C@H]1CCCN(c2cc(N3CCc4ccccc4C3)nc(NC(=S)NCc3ccc(-c4ccc(Cl)cc4)o3)n2)C1. The molecule has 0 spiro atoms. The van der Waals surface area contributed by atoms with Crippen LogP contribution in [0, 0.1) is 5.92 Å². The molecule has 0 unspecified atom stereocenters. The van der Waals surface area contributed by atoms with Crippen molar-refractivity contribution < 1.29 is 4.42 Å². The summed E-state index contributed by atoms with van der Waals surface area (Å²) in [7, 11) is 0. The Bertz CT molecular complexity index is 1490. The summed E-state index contributed by atoms with van der Waals surface area (Å²) < 4.78 is 6.01. The van der Waals surface area contributed by atoms with Crippen LogP contribution in [0.1, 0.15) is 36.7 Å². The second-order valence-electron chi connectivity index (χ2n) is 10.6. The summed E-state index contributed by atoms with van der Waals surface area (Å²) in [6, 6.07) is 22.3. The summed E-state index contributed by atoms with van der Waals surface area (Å²) in [6.45, 7) is 6.50. The van der Waals surface area contributed by atoms with Gasteiger partial charge in [-0.25, -0.2) is 0 Å². The number of fused-ring (bicyclic) bond motifs is 1. The second kappa shape index (κ2) is 11.9. The Hall–Kier alpha value is -3.62. The fraction of sp³-hybridized carbons (Fsp3) is 0.323. The molecule has 1 atom stereocenters. The highest BCUT2D eigenvalue weighted by Crippen LogP contribution is 2.29. The predicted octanol–water partition coefficient (Wildman–Crippen LogP) is 6.68. The van der Waals surface area contributed by atoms with Crippen molar-refractivity contribution in [3.05, 3.63) is 88.6 Å². The van der Waals surface area contributed by atoms with Crippen LogP contribution in [-0.4, -0.2) is 34.7 Å². The van der Waals surface area contributed by atoms with E-state index in [-0.39, 0.29) is 0 Å². The van der Waals surface area contributed by atoms with Crippen LogP contribution in [0.2, 0.25) is 5.02 Å². The van der Waals surface area contributed by atoms with E-state index < -0.39 is 0 Å². The predicted molar refractivity (Wildman–Crippen MR) is 166 cm³/mol. The van der Waals surface area contributed by atoms with Crippen LogP contribution in [0.25, 0.3) is 11.3 Å². The average molecular weight is 573 g/mol. The first-order valence-corrected chi connectivity index (χ1v) is 14.6. The maximum Gasteiger partial charge on any atom is 0.232 e. The van der Waals surface area contributed by atoms with Crippen LogP contribution in [0.15, 0.2) is 71.1 Å². The van der Waals surface area contributed by atoms with Gasteiger partial charge in [0.15, 0.2) is 5.11 Å². The van der Waals surface area contributed by atoms with Crippen LogP contribution >= 0.6 is 23.8 Å². The normalized spacial score (nSPS) is 16.9. The number of thiocarbonyl (C=S) groups is 1. The molecule has 2 aromatic carbocycles. The van der Waals surface area contributed by atoms with E-state index in [1.807, 2.05) is 36.4 Å². The van der Waals surface area contributed by atoms with E-state index in [0.29, 0.717) is 28.5 Å². The Balaban J connectivity index is 1.17. The summed E-state index contributed by atoms with van der Waals surface area (Å²) >= 11 is 11.6. The highest BCUT2D eigenvalue weighted by molar-refractivity contribution is 7.80. The number of halogens is 1. The lowest BCUT2D eigenvalue weighted by Crippen LogP contribution is -2.36. The van der Waals surface area contributed by atoms with Crippen LogP contribution in [-0.2, 0) is 19.5 Å². The van der Waals surface area contributed by atoms with Crippen LogP contribution in [0.4, 0.5) is 17.6 Å². The third kappa shape index (κ3) is 6.24. The van der Waals surface area contributed by atoms with E-state index in [0.717, 1.165) is 61.3 Å². The minimum atomic E-state index is 0.443. The molecule has 206 valence electrons. The van der Waals surface area contributed by atoms with Gasteiger partial charge in [-0.1, -0.05) is 42.8 Å². The van der Waals surface area contributed by atoms with Crippen LogP contribution in [0.5, 0.6) is 0 Å². The van der Waals surface area contributed by atoms with Gasteiger partial charge in [0.2, 0.25) is 5.95 Å². The number of benzene rings is 2. The number of rotatable bonds is 6. The summed E-state index contributed by atoms with van der Waals surface area (Å²) in [5.74, 6) is 4.56. The summed E-state index contributed by atoms with van der Waals surface area (Å²) in [6.07, 6.45) is 3.42. The van der Waals surface area contributed by atoms with E-state index in [9.17, 15) is 0 Å². The number of hydrogen-bond donors (Lipinski definition) is 2. The van der Waals surface area contributed by atoms with Gasteiger partial charge in [0.05, 0.1) is 6.54 Å². The molecule has 0 saturated carbocycles. The number of hydrogen-bond acceptors (Lipinski definition) is 6. The van der Waals surface area contributed by atoms with Gasteiger partial charge in [0.25, 0.3) is 0 Å². The highest BCUT2D eigenvalue weighted by Gasteiger charge is 2.23. The Morgan fingerprint density at radius 2 is 1.77 bits per heavy atom. The van der Waals surface area contributed by atoms with Crippen molar-refractivity contribution >= 4 is 46.5 Å². The van der Waals surface area contributed by atoms with Crippen molar-refractivity contribution in [3.63, 3.8) is 0 Å². The third-order valence-corrected chi connectivity index (χ3v) is 8.07. The molecule has 1 fully saturated rings. The molecule has 0 aliphatic carbocycles. The number of aromatic nitrogens is 2. The summed E-state index contributed by atoms with van der Waals surface area (Å²) in [5.41, 5.74) is 3.74. The van der Waals surface area contributed by atoms with Gasteiger partial charge < -0.3 is 24.9 Å². The first kappa shape index (κ1) is 26.6. The zero-order chi connectivity index (χ0) is 27.5. The highest BCUT2D eigenvalue weighted by atomic mass is 35.5. The van der Waals surface area contributed by atoms with Crippen molar-refractivity contribution in [2.24, 2.45) is 5.92 Å². The first-order chi connectivity index (χ1) is 19.5. The minimum absolute atomic E-state index is 0.443. The van der Waals surface area contributed by atoms with Gasteiger partial charge >= 0.3 is 0 Å². The van der Waals surface area contributed by atoms with Crippen molar-refractivity contribution in [3.8, 4) is 11.3 Å². The molecule has 2 N–H and O–H groups in total. The third-order valence-electron chi connectivity index (χ3n) is 7.57. The number of nitrogens with one attached hydrogen (secondary N) is 2. The fourth-order valence-electron chi connectivity index (χ4n) is 5.45. The monoisotopic (exact) mass is 572 g/mol. The number of piperidine rings is 1. The molecule has 2 aromatic heterocycles. The van der Waals surface area contributed by atoms with Gasteiger partial charge in [0, 0.05) is 42.8 Å². The van der Waals surface area contributed by atoms with Gasteiger partial charge in [-0.15, -0.1) is 0 Å². The smallest absolute Gasteiger partial charge is 0.232 e. The molecule has 40 heavy (non-hydrogen) atoms. The van der Waals surface area contributed by atoms with E-state index in [1.165, 1.54) is 24.0 Å². The topological polar surface area (TPSA) is 69.5 Å².